The molecule has 14 heavy (non-hydrogen) atoms. The molecule has 78 valence electrons. The number of rotatable bonds is 1. The van der Waals surface area contributed by atoms with E-state index in [1.165, 1.54) is 6.07 Å². The molecule has 0 aliphatic heterocycles. The normalized spacial score (nSPS) is 14.1. The Labute approximate surface area is 90.1 Å². The summed E-state index contributed by atoms with van der Waals surface area (Å²) in [6.07, 6.45) is 0. The van der Waals surface area contributed by atoms with Crippen LogP contribution in [-0.4, -0.2) is 0 Å². The fourth-order valence-electron chi connectivity index (χ4n) is 1.32. The van der Waals surface area contributed by atoms with Crippen molar-refractivity contribution >= 4 is 11.6 Å². The zero-order valence-corrected chi connectivity index (χ0v) is 9.82. The molecule has 2 heteroatoms. The smallest absolute Gasteiger partial charge is 0.128 e. The fourth-order valence-corrected chi connectivity index (χ4v) is 1.48. The highest BCUT2D eigenvalue weighted by atomic mass is 35.5. The highest BCUT2D eigenvalue weighted by Crippen LogP contribution is 2.36. The zero-order valence-electron chi connectivity index (χ0n) is 9.07. The summed E-state index contributed by atoms with van der Waals surface area (Å²) in [6, 6.07) is 4.88. The summed E-state index contributed by atoms with van der Waals surface area (Å²) in [5.74, 6) is -0.0281. The Morgan fingerprint density at radius 2 is 1.86 bits per heavy atom. The molecular formula is C12H16ClF. The first-order valence-corrected chi connectivity index (χ1v) is 5.15. The van der Waals surface area contributed by atoms with Crippen LogP contribution in [0.1, 0.15) is 39.2 Å². The van der Waals surface area contributed by atoms with E-state index in [9.17, 15) is 4.39 Å². The van der Waals surface area contributed by atoms with Gasteiger partial charge in [0, 0.05) is 5.02 Å². The first kappa shape index (κ1) is 11.5. The van der Waals surface area contributed by atoms with Crippen LogP contribution in [0.2, 0.25) is 5.02 Å². The molecule has 0 amide bonds. The first-order chi connectivity index (χ1) is 6.32. The second-order valence-corrected chi connectivity index (χ2v) is 5.19. The van der Waals surface area contributed by atoms with Crippen molar-refractivity contribution in [3.8, 4) is 0 Å². The molecule has 0 N–H and O–H groups in total. The van der Waals surface area contributed by atoms with E-state index in [1.54, 1.807) is 12.1 Å². The van der Waals surface area contributed by atoms with E-state index in [2.05, 4.69) is 20.8 Å². The molecule has 1 rings (SSSR count). The number of benzene rings is 1. The van der Waals surface area contributed by atoms with Gasteiger partial charge in [-0.3, -0.25) is 0 Å². The summed E-state index contributed by atoms with van der Waals surface area (Å²) in [5.41, 5.74) is 0.802. The minimum Gasteiger partial charge on any atom is -0.207 e. The second-order valence-electron chi connectivity index (χ2n) is 4.75. The second kappa shape index (κ2) is 3.90. The third-order valence-corrected chi connectivity index (χ3v) is 2.96. The topological polar surface area (TPSA) is 0 Å². The molecule has 0 heterocycles. The summed E-state index contributed by atoms with van der Waals surface area (Å²) in [7, 11) is 0. The minimum atomic E-state index is -0.208. The summed E-state index contributed by atoms with van der Waals surface area (Å²) in [5, 5.41) is 0.451. The van der Waals surface area contributed by atoms with Gasteiger partial charge >= 0.3 is 0 Å². The fraction of sp³-hybridized carbons (Fsp3) is 0.500. The predicted molar refractivity (Wildman–Crippen MR) is 59.3 cm³/mol. The number of halogens is 2. The summed E-state index contributed by atoms with van der Waals surface area (Å²) in [4.78, 5) is 0. The molecule has 0 nitrogen and oxygen atoms in total. The Hall–Kier alpha value is -0.560. The van der Waals surface area contributed by atoms with E-state index >= 15 is 0 Å². The maximum absolute atomic E-state index is 13.5. The largest absolute Gasteiger partial charge is 0.207 e. The maximum atomic E-state index is 13.5. The van der Waals surface area contributed by atoms with Crippen molar-refractivity contribution in [1.29, 1.82) is 0 Å². The molecule has 1 atom stereocenters. The lowest BCUT2D eigenvalue weighted by Crippen LogP contribution is -2.16. The van der Waals surface area contributed by atoms with Gasteiger partial charge in [0.2, 0.25) is 0 Å². The summed E-state index contributed by atoms with van der Waals surface area (Å²) < 4.78 is 13.5. The monoisotopic (exact) mass is 214 g/mol. The highest BCUT2D eigenvalue weighted by molar-refractivity contribution is 6.30. The van der Waals surface area contributed by atoms with Gasteiger partial charge in [-0.05, 0) is 29.0 Å². The number of hydrogen-bond acceptors (Lipinski definition) is 0. The molecule has 0 saturated heterocycles. The Bertz CT molecular complexity index is 326. The molecule has 0 aliphatic rings. The van der Waals surface area contributed by atoms with E-state index in [1.807, 2.05) is 6.92 Å². The minimum absolute atomic E-state index is 0.0642. The van der Waals surface area contributed by atoms with E-state index in [-0.39, 0.29) is 17.2 Å². The molecule has 1 aromatic carbocycles. The van der Waals surface area contributed by atoms with Gasteiger partial charge in [0.15, 0.2) is 0 Å². The third-order valence-electron chi connectivity index (χ3n) is 2.73. The standard InChI is InChI=1S/C12H16ClF/c1-8(12(2,3)4)10-6-5-9(13)7-11(10)14/h5-8H,1-4H3/t8-/m1/s1. The van der Waals surface area contributed by atoms with Crippen molar-refractivity contribution in [2.75, 3.05) is 0 Å². The van der Waals surface area contributed by atoms with E-state index in [0.29, 0.717) is 5.02 Å². The van der Waals surface area contributed by atoms with E-state index in [4.69, 9.17) is 11.6 Å². The van der Waals surface area contributed by atoms with Crippen molar-refractivity contribution in [1.82, 2.24) is 0 Å². The van der Waals surface area contributed by atoms with Crippen molar-refractivity contribution in [2.45, 2.75) is 33.6 Å². The quantitative estimate of drug-likeness (QED) is 0.640. The van der Waals surface area contributed by atoms with Gasteiger partial charge in [0.1, 0.15) is 5.82 Å². The van der Waals surface area contributed by atoms with Crippen LogP contribution < -0.4 is 0 Å². The van der Waals surface area contributed by atoms with Gasteiger partial charge < -0.3 is 0 Å². The van der Waals surface area contributed by atoms with E-state index < -0.39 is 0 Å². The van der Waals surface area contributed by atoms with Crippen molar-refractivity contribution in [2.24, 2.45) is 5.41 Å². The van der Waals surface area contributed by atoms with Gasteiger partial charge in [-0.1, -0.05) is 45.4 Å². The van der Waals surface area contributed by atoms with Crippen LogP contribution in [-0.2, 0) is 0 Å². The Balaban J connectivity index is 3.08. The Morgan fingerprint density at radius 3 is 2.29 bits per heavy atom. The molecule has 0 spiro atoms. The lowest BCUT2D eigenvalue weighted by Gasteiger charge is -2.27. The SMILES string of the molecule is C[C@H](c1ccc(Cl)cc1F)C(C)(C)C. The van der Waals surface area contributed by atoms with Gasteiger partial charge in [-0.2, -0.15) is 0 Å². The van der Waals surface area contributed by atoms with Crippen LogP contribution in [0.3, 0.4) is 0 Å². The molecular weight excluding hydrogens is 199 g/mol. The van der Waals surface area contributed by atoms with Gasteiger partial charge in [-0.25, -0.2) is 4.39 Å². The molecule has 1 aromatic rings. The Morgan fingerprint density at radius 1 is 1.29 bits per heavy atom. The average Bonchev–Trinajstić information content (AvgIpc) is 2.01. The predicted octanol–water partition coefficient (Wildman–Crippen LogP) is 4.63. The first-order valence-electron chi connectivity index (χ1n) is 4.77. The highest BCUT2D eigenvalue weighted by Gasteiger charge is 2.23. The lowest BCUT2D eigenvalue weighted by molar-refractivity contribution is 0.331. The molecule has 0 aliphatic carbocycles. The van der Waals surface area contributed by atoms with Crippen LogP contribution in [0.15, 0.2) is 18.2 Å². The van der Waals surface area contributed by atoms with Crippen molar-refractivity contribution in [3.05, 3.63) is 34.6 Å². The molecule has 0 radical (unpaired) electrons. The maximum Gasteiger partial charge on any atom is 0.128 e. The lowest BCUT2D eigenvalue weighted by atomic mass is 9.78. The van der Waals surface area contributed by atoms with Gasteiger partial charge in [0.05, 0.1) is 0 Å². The number of hydrogen-bond donors (Lipinski definition) is 0. The molecule has 0 saturated carbocycles. The van der Waals surface area contributed by atoms with Gasteiger partial charge in [0.25, 0.3) is 0 Å². The molecule has 0 bridgehead atoms. The molecule has 0 aromatic heterocycles. The van der Waals surface area contributed by atoms with Gasteiger partial charge in [-0.15, -0.1) is 0 Å². The van der Waals surface area contributed by atoms with Crippen molar-refractivity contribution in [3.63, 3.8) is 0 Å². The summed E-state index contributed by atoms with van der Waals surface area (Å²) >= 11 is 5.70. The van der Waals surface area contributed by atoms with E-state index in [0.717, 1.165) is 5.56 Å². The Kier molecular flexibility index (Phi) is 3.20. The molecule has 0 fully saturated rings. The van der Waals surface area contributed by atoms with Crippen LogP contribution in [0.5, 0.6) is 0 Å². The third kappa shape index (κ3) is 2.48. The average molecular weight is 215 g/mol. The van der Waals surface area contributed by atoms with Crippen LogP contribution in [0.25, 0.3) is 0 Å². The molecule has 0 unspecified atom stereocenters. The van der Waals surface area contributed by atoms with Crippen molar-refractivity contribution < 1.29 is 4.39 Å². The summed E-state index contributed by atoms with van der Waals surface area (Å²) in [6.45, 7) is 8.34. The van der Waals surface area contributed by atoms with Crippen LogP contribution in [0, 0.1) is 11.2 Å². The van der Waals surface area contributed by atoms with Crippen LogP contribution >= 0.6 is 11.6 Å². The zero-order chi connectivity index (χ0) is 10.9. The van der Waals surface area contributed by atoms with Crippen LogP contribution in [0.4, 0.5) is 4.39 Å².